The highest BCUT2D eigenvalue weighted by molar-refractivity contribution is 8.18. The van der Waals surface area contributed by atoms with E-state index < -0.39 is 17.1 Å². The standard InChI is InChI=1S/C25H19ClN2O7S/c1-33-24(31)20-10-8-17(35-20)13-28-23(30)21(36-25(28)32)12-15-7-9-19(18(26)11-15)34-14-22(29)27-16-5-3-2-4-6-16/h2-12H,13-14H2,1H3,(H,27,29)/b21-12+. The van der Waals surface area contributed by atoms with E-state index in [9.17, 15) is 19.2 Å². The van der Waals surface area contributed by atoms with Gasteiger partial charge in [-0.05, 0) is 59.8 Å². The van der Waals surface area contributed by atoms with Gasteiger partial charge < -0.3 is 19.2 Å². The van der Waals surface area contributed by atoms with Gasteiger partial charge in [0.25, 0.3) is 17.1 Å². The molecule has 11 heteroatoms. The minimum absolute atomic E-state index is 0.0236. The molecule has 36 heavy (non-hydrogen) atoms. The van der Waals surface area contributed by atoms with Crippen LogP contribution < -0.4 is 10.1 Å². The van der Waals surface area contributed by atoms with Gasteiger partial charge in [0.1, 0.15) is 11.5 Å². The Morgan fingerprint density at radius 2 is 1.89 bits per heavy atom. The largest absolute Gasteiger partial charge is 0.482 e. The summed E-state index contributed by atoms with van der Waals surface area (Å²) >= 11 is 7.07. The average Bonchev–Trinajstić information content (AvgIpc) is 3.44. The first-order chi connectivity index (χ1) is 17.3. The van der Waals surface area contributed by atoms with Crippen LogP contribution in [0.2, 0.25) is 5.02 Å². The van der Waals surface area contributed by atoms with Crippen LogP contribution in [0.3, 0.4) is 0 Å². The van der Waals surface area contributed by atoms with Crippen molar-refractivity contribution in [2.75, 3.05) is 19.0 Å². The van der Waals surface area contributed by atoms with E-state index in [1.165, 1.54) is 25.3 Å². The molecule has 1 saturated heterocycles. The molecule has 0 bridgehead atoms. The van der Waals surface area contributed by atoms with Gasteiger partial charge in [-0.2, -0.15) is 0 Å². The van der Waals surface area contributed by atoms with Gasteiger partial charge >= 0.3 is 5.97 Å². The van der Waals surface area contributed by atoms with Gasteiger partial charge in [-0.1, -0.05) is 35.9 Å². The lowest BCUT2D eigenvalue weighted by Crippen LogP contribution is -2.27. The fourth-order valence-corrected chi connectivity index (χ4v) is 4.28. The summed E-state index contributed by atoms with van der Waals surface area (Å²) in [6, 6.07) is 16.7. The zero-order valence-electron chi connectivity index (χ0n) is 18.9. The highest BCUT2D eigenvalue weighted by Crippen LogP contribution is 2.35. The van der Waals surface area contributed by atoms with Crippen molar-refractivity contribution in [3.05, 3.63) is 87.7 Å². The van der Waals surface area contributed by atoms with E-state index in [0.29, 0.717) is 17.0 Å². The van der Waals surface area contributed by atoms with Crippen molar-refractivity contribution in [2.24, 2.45) is 0 Å². The molecule has 0 aliphatic carbocycles. The first kappa shape index (κ1) is 25.1. The fraction of sp³-hybridized carbons (Fsp3) is 0.120. The highest BCUT2D eigenvalue weighted by atomic mass is 35.5. The Labute approximate surface area is 215 Å². The van der Waals surface area contributed by atoms with Gasteiger partial charge in [0, 0.05) is 5.69 Å². The number of carbonyl (C=O) groups excluding carboxylic acids is 4. The number of para-hydroxylation sites is 1. The summed E-state index contributed by atoms with van der Waals surface area (Å²) in [5.41, 5.74) is 1.22. The van der Waals surface area contributed by atoms with Gasteiger partial charge in [0.15, 0.2) is 6.61 Å². The van der Waals surface area contributed by atoms with E-state index in [4.69, 9.17) is 20.8 Å². The zero-order valence-corrected chi connectivity index (χ0v) is 20.4. The number of hydrogen-bond acceptors (Lipinski definition) is 8. The molecule has 1 fully saturated rings. The smallest absolute Gasteiger partial charge is 0.373 e. The Morgan fingerprint density at radius 3 is 2.61 bits per heavy atom. The second-order valence-electron chi connectivity index (χ2n) is 7.42. The number of nitrogens with zero attached hydrogens (tertiary/aromatic N) is 1. The third-order valence-corrected chi connectivity index (χ3v) is 6.11. The molecular weight excluding hydrogens is 508 g/mol. The van der Waals surface area contributed by atoms with Crippen LogP contribution in [0.4, 0.5) is 10.5 Å². The van der Waals surface area contributed by atoms with Crippen LogP contribution in [0, 0.1) is 0 Å². The molecule has 1 aliphatic heterocycles. The van der Waals surface area contributed by atoms with Gasteiger partial charge in [0.05, 0.1) is 23.6 Å². The number of furan rings is 1. The van der Waals surface area contributed by atoms with Crippen molar-refractivity contribution >= 4 is 58.1 Å². The number of halogens is 1. The SMILES string of the molecule is COC(=O)c1ccc(CN2C(=O)S/C(=C/c3ccc(OCC(=O)Nc4ccccc4)c(Cl)c3)C2=O)o1. The molecule has 2 aromatic carbocycles. The van der Waals surface area contributed by atoms with Crippen LogP contribution in [0.1, 0.15) is 21.9 Å². The van der Waals surface area contributed by atoms with Crippen LogP contribution in [-0.2, 0) is 20.9 Å². The first-order valence-electron chi connectivity index (χ1n) is 10.5. The molecule has 1 N–H and O–H groups in total. The molecule has 184 valence electrons. The molecule has 3 aromatic rings. The maximum atomic E-state index is 12.8. The number of nitrogens with one attached hydrogen (secondary N) is 1. The molecule has 1 aliphatic rings. The van der Waals surface area contributed by atoms with E-state index in [1.54, 1.807) is 42.5 Å². The second kappa shape index (κ2) is 11.1. The third kappa shape index (κ3) is 5.96. The van der Waals surface area contributed by atoms with Crippen molar-refractivity contribution in [3.8, 4) is 5.75 Å². The van der Waals surface area contributed by atoms with E-state index in [2.05, 4.69) is 10.1 Å². The summed E-state index contributed by atoms with van der Waals surface area (Å²) < 4.78 is 15.4. The van der Waals surface area contributed by atoms with Crippen molar-refractivity contribution in [2.45, 2.75) is 6.54 Å². The fourth-order valence-electron chi connectivity index (χ4n) is 3.20. The number of imide groups is 1. The van der Waals surface area contributed by atoms with E-state index in [0.717, 1.165) is 16.7 Å². The number of ether oxygens (including phenoxy) is 2. The molecule has 0 atom stereocenters. The normalized spacial score (nSPS) is 14.3. The summed E-state index contributed by atoms with van der Waals surface area (Å²) in [5.74, 6) is -0.967. The molecule has 0 saturated carbocycles. The lowest BCUT2D eigenvalue weighted by atomic mass is 10.2. The van der Waals surface area contributed by atoms with Gasteiger partial charge in [0.2, 0.25) is 5.76 Å². The number of hydrogen-bond donors (Lipinski definition) is 1. The van der Waals surface area contributed by atoms with Crippen molar-refractivity contribution in [1.29, 1.82) is 0 Å². The third-order valence-electron chi connectivity index (χ3n) is 4.91. The molecule has 4 rings (SSSR count). The maximum absolute atomic E-state index is 12.8. The number of methoxy groups -OCH3 is 1. The van der Waals surface area contributed by atoms with Gasteiger partial charge in [-0.3, -0.25) is 19.3 Å². The highest BCUT2D eigenvalue weighted by Gasteiger charge is 2.35. The van der Waals surface area contributed by atoms with E-state index in [1.807, 2.05) is 6.07 Å². The topological polar surface area (TPSA) is 115 Å². The predicted octanol–water partition coefficient (Wildman–Crippen LogP) is 4.97. The lowest BCUT2D eigenvalue weighted by molar-refractivity contribution is -0.123. The number of thioether (sulfide) groups is 1. The van der Waals surface area contributed by atoms with Crippen LogP contribution in [0.15, 0.2) is 70.0 Å². The summed E-state index contributed by atoms with van der Waals surface area (Å²) in [7, 11) is 1.22. The molecule has 9 nitrogen and oxygen atoms in total. The van der Waals surface area contributed by atoms with Crippen LogP contribution in [0.25, 0.3) is 6.08 Å². The van der Waals surface area contributed by atoms with Gasteiger partial charge in [-0.15, -0.1) is 0 Å². The minimum Gasteiger partial charge on any atom is -0.482 e. The Kier molecular flexibility index (Phi) is 7.77. The Morgan fingerprint density at radius 1 is 1.11 bits per heavy atom. The van der Waals surface area contributed by atoms with Crippen LogP contribution in [-0.4, -0.2) is 41.6 Å². The number of anilines is 1. The number of esters is 1. The molecule has 2 heterocycles. The Balaban J connectivity index is 1.38. The van der Waals surface area contributed by atoms with E-state index >= 15 is 0 Å². The molecule has 0 spiro atoms. The van der Waals surface area contributed by atoms with Crippen molar-refractivity contribution in [3.63, 3.8) is 0 Å². The first-order valence-corrected chi connectivity index (χ1v) is 11.7. The lowest BCUT2D eigenvalue weighted by Gasteiger charge is -2.10. The Hall–Kier alpha value is -4.02. The quantitative estimate of drug-likeness (QED) is 0.323. The predicted molar refractivity (Wildman–Crippen MR) is 134 cm³/mol. The number of amides is 3. The molecule has 1 aromatic heterocycles. The Bertz CT molecular complexity index is 1350. The summed E-state index contributed by atoms with van der Waals surface area (Å²) in [5, 5.41) is 2.47. The maximum Gasteiger partial charge on any atom is 0.373 e. The molecule has 3 amide bonds. The monoisotopic (exact) mass is 526 g/mol. The number of benzene rings is 2. The number of rotatable bonds is 8. The summed E-state index contributed by atoms with van der Waals surface area (Å²) in [6.45, 7) is -0.366. The average molecular weight is 527 g/mol. The van der Waals surface area contributed by atoms with E-state index in [-0.39, 0.29) is 40.5 Å². The summed E-state index contributed by atoms with van der Waals surface area (Å²) in [4.78, 5) is 50.0. The van der Waals surface area contributed by atoms with Crippen LogP contribution >= 0.6 is 23.4 Å². The second-order valence-corrected chi connectivity index (χ2v) is 8.82. The number of carbonyl (C=O) groups is 4. The van der Waals surface area contributed by atoms with Crippen molar-refractivity contribution in [1.82, 2.24) is 4.90 Å². The van der Waals surface area contributed by atoms with Crippen LogP contribution in [0.5, 0.6) is 5.75 Å². The molecule has 0 radical (unpaired) electrons. The van der Waals surface area contributed by atoms with Gasteiger partial charge in [-0.25, -0.2) is 4.79 Å². The minimum atomic E-state index is -0.656. The molecular formula is C25H19ClN2O7S. The summed E-state index contributed by atoms with van der Waals surface area (Å²) in [6.07, 6.45) is 1.53. The van der Waals surface area contributed by atoms with Crippen molar-refractivity contribution < 1.29 is 33.1 Å². The molecule has 0 unspecified atom stereocenters. The zero-order chi connectivity index (χ0) is 25.7.